The highest BCUT2D eigenvalue weighted by Gasteiger charge is 2.26. The van der Waals surface area contributed by atoms with Crippen molar-refractivity contribution < 1.29 is 4.79 Å². The van der Waals surface area contributed by atoms with Crippen LogP contribution in [0.3, 0.4) is 0 Å². The molecule has 1 aliphatic rings. The molecule has 1 nitrogen and oxygen atoms in total. The van der Waals surface area contributed by atoms with Crippen LogP contribution in [0.2, 0.25) is 0 Å². The quantitative estimate of drug-likeness (QED) is 0.530. The standard InChI is InChI=1S/C17H32O/c1-4-5-6-7-8-9-17(18)16-12-10-15(11-13-16)14(2)3/h14-16H,4-13H2,1-3H3. The van der Waals surface area contributed by atoms with E-state index in [1.807, 2.05) is 0 Å². The molecule has 1 aliphatic carbocycles. The normalized spacial score (nSPS) is 24.4. The van der Waals surface area contributed by atoms with Crippen molar-refractivity contribution in [2.24, 2.45) is 17.8 Å². The van der Waals surface area contributed by atoms with Gasteiger partial charge in [-0.3, -0.25) is 4.79 Å². The summed E-state index contributed by atoms with van der Waals surface area (Å²) in [4.78, 5) is 12.1. The van der Waals surface area contributed by atoms with Gasteiger partial charge in [0.15, 0.2) is 0 Å². The molecule has 0 heterocycles. The third kappa shape index (κ3) is 5.54. The maximum atomic E-state index is 12.1. The van der Waals surface area contributed by atoms with Crippen LogP contribution >= 0.6 is 0 Å². The van der Waals surface area contributed by atoms with Gasteiger partial charge in [-0.05, 0) is 43.9 Å². The zero-order valence-electron chi connectivity index (χ0n) is 12.7. The van der Waals surface area contributed by atoms with E-state index in [2.05, 4.69) is 20.8 Å². The number of ketones is 1. The topological polar surface area (TPSA) is 17.1 Å². The number of unbranched alkanes of at least 4 members (excludes halogenated alkanes) is 4. The fraction of sp³-hybridized carbons (Fsp3) is 0.941. The van der Waals surface area contributed by atoms with Gasteiger partial charge in [0.05, 0.1) is 0 Å². The number of carbonyl (C=O) groups excluding carboxylic acids is 1. The van der Waals surface area contributed by atoms with Crippen LogP contribution in [-0.4, -0.2) is 5.78 Å². The molecule has 0 aliphatic heterocycles. The van der Waals surface area contributed by atoms with Gasteiger partial charge in [-0.25, -0.2) is 0 Å². The Hall–Kier alpha value is -0.330. The van der Waals surface area contributed by atoms with Crippen molar-refractivity contribution in [1.82, 2.24) is 0 Å². The van der Waals surface area contributed by atoms with Crippen molar-refractivity contribution in [1.29, 1.82) is 0 Å². The molecule has 0 radical (unpaired) electrons. The molecule has 1 fully saturated rings. The molecule has 0 aromatic carbocycles. The monoisotopic (exact) mass is 252 g/mol. The number of rotatable bonds is 8. The smallest absolute Gasteiger partial charge is 0.135 e. The Labute approximate surface area is 114 Å². The summed E-state index contributed by atoms with van der Waals surface area (Å²) in [5.41, 5.74) is 0. The van der Waals surface area contributed by atoms with Gasteiger partial charge in [-0.1, -0.05) is 46.5 Å². The lowest BCUT2D eigenvalue weighted by molar-refractivity contribution is -0.124. The van der Waals surface area contributed by atoms with E-state index in [0.717, 1.165) is 37.5 Å². The van der Waals surface area contributed by atoms with Gasteiger partial charge in [0.1, 0.15) is 5.78 Å². The molecular formula is C17H32O. The number of hydrogen-bond donors (Lipinski definition) is 0. The van der Waals surface area contributed by atoms with Gasteiger partial charge in [0.25, 0.3) is 0 Å². The lowest BCUT2D eigenvalue weighted by Crippen LogP contribution is -2.24. The van der Waals surface area contributed by atoms with E-state index in [9.17, 15) is 4.79 Å². The minimum absolute atomic E-state index is 0.408. The van der Waals surface area contributed by atoms with E-state index < -0.39 is 0 Å². The SMILES string of the molecule is CCCCCCCC(=O)C1CCC(C(C)C)CC1. The van der Waals surface area contributed by atoms with Gasteiger partial charge < -0.3 is 0 Å². The summed E-state index contributed by atoms with van der Waals surface area (Å²) in [7, 11) is 0. The van der Waals surface area contributed by atoms with E-state index in [0.29, 0.717) is 11.7 Å². The second-order valence-electron chi connectivity index (χ2n) is 6.49. The Kier molecular flexibility index (Phi) is 7.62. The van der Waals surface area contributed by atoms with Crippen LogP contribution in [0.1, 0.15) is 85.0 Å². The van der Waals surface area contributed by atoms with Gasteiger partial charge >= 0.3 is 0 Å². The first-order valence-electron chi connectivity index (χ1n) is 8.17. The van der Waals surface area contributed by atoms with E-state index in [-0.39, 0.29) is 0 Å². The van der Waals surface area contributed by atoms with Gasteiger partial charge in [-0.15, -0.1) is 0 Å². The highest BCUT2D eigenvalue weighted by Crippen LogP contribution is 2.34. The van der Waals surface area contributed by atoms with Crippen LogP contribution in [0.5, 0.6) is 0 Å². The lowest BCUT2D eigenvalue weighted by atomic mass is 9.75. The average molecular weight is 252 g/mol. The molecule has 0 aromatic heterocycles. The third-order valence-electron chi connectivity index (χ3n) is 4.70. The maximum absolute atomic E-state index is 12.1. The van der Waals surface area contributed by atoms with Crippen molar-refractivity contribution in [3.8, 4) is 0 Å². The van der Waals surface area contributed by atoms with Crippen LogP contribution < -0.4 is 0 Å². The molecule has 0 atom stereocenters. The van der Waals surface area contributed by atoms with Gasteiger partial charge in [0.2, 0.25) is 0 Å². The molecule has 0 unspecified atom stereocenters. The van der Waals surface area contributed by atoms with E-state index in [1.54, 1.807) is 0 Å². The summed E-state index contributed by atoms with van der Waals surface area (Å²) in [6, 6.07) is 0. The first-order valence-corrected chi connectivity index (χ1v) is 8.17. The summed E-state index contributed by atoms with van der Waals surface area (Å²) in [5.74, 6) is 2.65. The third-order valence-corrected chi connectivity index (χ3v) is 4.70. The summed E-state index contributed by atoms with van der Waals surface area (Å²) in [6.45, 7) is 6.87. The molecule has 1 rings (SSSR count). The van der Waals surface area contributed by atoms with Crippen LogP contribution in [0, 0.1) is 17.8 Å². The molecule has 1 heteroatoms. The van der Waals surface area contributed by atoms with Crippen LogP contribution in [0.25, 0.3) is 0 Å². The van der Waals surface area contributed by atoms with Gasteiger partial charge in [0, 0.05) is 12.3 Å². The second kappa shape index (κ2) is 8.72. The molecular weight excluding hydrogens is 220 g/mol. The van der Waals surface area contributed by atoms with Crippen LogP contribution in [0.15, 0.2) is 0 Å². The molecule has 0 amide bonds. The summed E-state index contributed by atoms with van der Waals surface area (Å²) in [5, 5.41) is 0. The predicted octanol–water partition coefficient (Wildman–Crippen LogP) is 5.38. The Morgan fingerprint density at radius 1 is 1.00 bits per heavy atom. The van der Waals surface area contributed by atoms with Crippen molar-refractivity contribution in [3.05, 3.63) is 0 Å². The highest BCUT2D eigenvalue weighted by atomic mass is 16.1. The molecule has 0 saturated heterocycles. The van der Waals surface area contributed by atoms with Gasteiger partial charge in [-0.2, -0.15) is 0 Å². The van der Waals surface area contributed by atoms with E-state index in [1.165, 1.54) is 38.5 Å². The molecule has 0 bridgehead atoms. The first kappa shape index (κ1) is 15.7. The fourth-order valence-electron chi connectivity index (χ4n) is 3.21. The minimum atomic E-state index is 0.408. The van der Waals surface area contributed by atoms with E-state index in [4.69, 9.17) is 0 Å². The molecule has 0 N–H and O–H groups in total. The summed E-state index contributed by atoms with van der Waals surface area (Å²) < 4.78 is 0. The molecule has 0 spiro atoms. The largest absolute Gasteiger partial charge is 0.299 e. The predicted molar refractivity (Wildman–Crippen MR) is 78.7 cm³/mol. The number of carbonyl (C=O) groups is 1. The molecule has 0 aromatic rings. The molecule has 18 heavy (non-hydrogen) atoms. The minimum Gasteiger partial charge on any atom is -0.299 e. The highest BCUT2D eigenvalue weighted by molar-refractivity contribution is 5.81. The number of hydrogen-bond acceptors (Lipinski definition) is 1. The Morgan fingerprint density at radius 3 is 2.17 bits per heavy atom. The summed E-state index contributed by atoms with van der Waals surface area (Å²) >= 11 is 0. The zero-order chi connectivity index (χ0) is 13.4. The first-order chi connectivity index (χ1) is 8.65. The number of Topliss-reactive ketones (excluding diaryl/α,β-unsaturated/α-hetero) is 1. The van der Waals surface area contributed by atoms with Crippen molar-refractivity contribution in [2.45, 2.75) is 85.0 Å². The lowest BCUT2D eigenvalue weighted by Gasteiger charge is -2.30. The summed E-state index contributed by atoms with van der Waals surface area (Å²) in [6.07, 6.45) is 12.0. The van der Waals surface area contributed by atoms with Crippen molar-refractivity contribution in [2.75, 3.05) is 0 Å². The Balaban J connectivity index is 2.12. The second-order valence-corrected chi connectivity index (χ2v) is 6.49. The van der Waals surface area contributed by atoms with E-state index >= 15 is 0 Å². The Morgan fingerprint density at radius 2 is 1.61 bits per heavy atom. The molecule has 106 valence electrons. The van der Waals surface area contributed by atoms with Crippen LogP contribution in [-0.2, 0) is 4.79 Å². The zero-order valence-corrected chi connectivity index (χ0v) is 12.7. The Bertz CT molecular complexity index is 224. The van der Waals surface area contributed by atoms with Crippen molar-refractivity contribution >= 4 is 5.78 Å². The maximum Gasteiger partial charge on any atom is 0.135 e. The van der Waals surface area contributed by atoms with Crippen LogP contribution in [0.4, 0.5) is 0 Å². The average Bonchev–Trinajstić information content (AvgIpc) is 2.38. The van der Waals surface area contributed by atoms with Crippen molar-refractivity contribution in [3.63, 3.8) is 0 Å². The fourth-order valence-corrected chi connectivity index (χ4v) is 3.21. The molecule has 1 saturated carbocycles.